The molecule has 1 aromatic carbocycles. The number of H-pyrrole nitrogens is 1. The van der Waals surface area contributed by atoms with E-state index in [4.69, 9.17) is 15.5 Å². The zero-order valence-electron chi connectivity index (χ0n) is 16.3. The van der Waals surface area contributed by atoms with Crippen LogP contribution in [0, 0.1) is 0 Å². The van der Waals surface area contributed by atoms with Crippen LogP contribution in [-0.2, 0) is 14.6 Å². The Kier molecular flexibility index (Phi) is 5.41. The summed E-state index contributed by atoms with van der Waals surface area (Å²) in [5.74, 6) is 1.49. The topological polar surface area (TPSA) is 114 Å². The number of sulfone groups is 1. The molecule has 3 N–H and O–H groups in total. The number of anilines is 2. The quantitative estimate of drug-likeness (QED) is 0.466. The number of nitrogen functional groups attached to an aromatic ring is 1. The van der Waals surface area contributed by atoms with Gasteiger partial charge in [-0.3, -0.25) is 0 Å². The molecule has 1 fully saturated rings. The van der Waals surface area contributed by atoms with Crippen LogP contribution in [-0.4, -0.2) is 54.9 Å². The maximum Gasteiger partial charge on any atom is 0.212 e. The summed E-state index contributed by atoms with van der Waals surface area (Å²) in [5.41, 5.74) is 7.03. The first-order chi connectivity index (χ1) is 13.9. The lowest BCUT2D eigenvalue weighted by Gasteiger charge is -2.32. The average Bonchev–Trinajstić information content (AvgIpc) is 3.04. The Morgan fingerprint density at radius 2 is 2.07 bits per heavy atom. The van der Waals surface area contributed by atoms with Crippen LogP contribution in [0.5, 0.6) is 0 Å². The molecule has 0 amide bonds. The number of benzene rings is 1. The van der Waals surface area contributed by atoms with E-state index >= 15 is 0 Å². The van der Waals surface area contributed by atoms with Gasteiger partial charge in [0, 0.05) is 13.1 Å². The van der Waals surface area contributed by atoms with Crippen LogP contribution < -0.4 is 10.6 Å². The van der Waals surface area contributed by atoms with Gasteiger partial charge in [-0.05, 0) is 24.8 Å². The fourth-order valence-electron chi connectivity index (χ4n) is 3.45. The van der Waals surface area contributed by atoms with E-state index in [0.29, 0.717) is 41.7 Å². The van der Waals surface area contributed by atoms with Crippen molar-refractivity contribution in [3.8, 4) is 0 Å². The zero-order chi connectivity index (χ0) is 20.6. The molecule has 154 valence electrons. The van der Waals surface area contributed by atoms with Crippen molar-refractivity contribution in [1.82, 2.24) is 15.0 Å². The number of rotatable bonds is 5. The second-order valence-corrected chi connectivity index (χ2v) is 9.92. The highest BCUT2D eigenvalue weighted by Crippen LogP contribution is 2.37. The largest absolute Gasteiger partial charge is 0.384 e. The molecule has 0 bridgehead atoms. The Morgan fingerprint density at radius 1 is 1.31 bits per heavy atom. The van der Waals surface area contributed by atoms with Crippen molar-refractivity contribution in [2.75, 3.05) is 36.1 Å². The molecule has 0 radical (unpaired) electrons. The van der Waals surface area contributed by atoms with E-state index in [1.165, 1.54) is 11.8 Å². The summed E-state index contributed by atoms with van der Waals surface area (Å²) < 4.78 is 32.3. The number of aromatic nitrogens is 3. The van der Waals surface area contributed by atoms with Gasteiger partial charge in [0.25, 0.3) is 0 Å². The van der Waals surface area contributed by atoms with Crippen LogP contribution >= 0.6 is 11.8 Å². The molecular formula is C19H23N5O3S2. The minimum absolute atomic E-state index is 0.00149. The van der Waals surface area contributed by atoms with Crippen molar-refractivity contribution < 1.29 is 13.2 Å². The number of nitrogens with zero attached hydrogens (tertiary/aromatic N) is 3. The smallest absolute Gasteiger partial charge is 0.212 e. The average molecular weight is 434 g/mol. The summed E-state index contributed by atoms with van der Waals surface area (Å²) in [4.78, 5) is 14.6. The van der Waals surface area contributed by atoms with E-state index in [1.54, 1.807) is 30.3 Å². The lowest BCUT2D eigenvalue weighted by Crippen LogP contribution is -2.41. The van der Waals surface area contributed by atoms with Gasteiger partial charge >= 0.3 is 0 Å². The van der Waals surface area contributed by atoms with Gasteiger partial charge in [0.05, 0.1) is 17.6 Å². The molecule has 3 heterocycles. The molecule has 2 aromatic heterocycles. The second-order valence-electron chi connectivity index (χ2n) is 6.80. The molecule has 3 aromatic rings. The van der Waals surface area contributed by atoms with E-state index in [2.05, 4.69) is 14.9 Å². The predicted octanol–water partition coefficient (Wildman–Crippen LogP) is 2.71. The van der Waals surface area contributed by atoms with E-state index in [-0.39, 0.29) is 21.7 Å². The van der Waals surface area contributed by atoms with Gasteiger partial charge in [-0.25, -0.2) is 18.4 Å². The van der Waals surface area contributed by atoms with Crippen LogP contribution in [0.15, 0.2) is 45.3 Å². The Hall–Kier alpha value is -2.30. The molecule has 0 saturated carbocycles. The highest BCUT2D eigenvalue weighted by molar-refractivity contribution is 7.99. The molecule has 10 heteroatoms. The monoisotopic (exact) mass is 433 g/mol. The third-order valence-corrected chi connectivity index (χ3v) is 7.30. The van der Waals surface area contributed by atoms with Gasteiger partial charge in [-0.2, -0.15) is 0 Å². The van der Waals surface area contributed by atoms with E-state index in [9.17, 15) is 8.42 Å². The standard InChI is InChI=1S/C19H23N5O3S2/c1-3-28-19-22-14-15(18(23-19)24-9-10-27-12(2)11-24)21-17(20)16(14)29(25,26)13-7-5-4-6-8-13/h4-8,12,21H,3,9-11,20H2,1-2H3. The fraction of sp³-hybridized carbons (Fsp3) is 0.368. The summed E-state index contributed by atoms with van der Waals surface area (Å²) in [6.45, 7) is 5.89. The SMILES string of the molecule is CCSc1nc(N2CCOC(C)C2)c2[nH]c(N)c(S(=O)(=O)c3ccccc3)c2n1. The third-order valence-electron chi connectivity index (χ3n) is 4.73. The summed E-state index contributed by atoms with van der Waals surface area (Å²) in [6, 6.07) is 8.26. The molecule has 4 rings (SSSR count). The summed E-state index contributed by atoms with van der Waals surface area (Å²) in [6.07, 6.45) is 0.0517. The number of nitrogens with one attached hydrogen (secondary N) is 1. The minimum atomic E-state index is -3.84. The molecule has 1 unspecified atom stereocenters. The van der Waals surface area contributed by atoms with Crippen molar-refractivity contribution >= 4 is 44.3 Å². The van der Waals surface area contributed by atoms with Crippen molar-refractivity contribution in [1.29, 1.82) is 0 Å². The highest BCUT2D eigenvalue weighted by Gasteiger charge is 2.30. The Labute approximate surface area is 173 Å². The molecule has 0 aliphatic carbocycles. The summed E-state index contributed by atoms with van der Waals surface area (Å²) in [7, 11) is -3.84. The molecule has 1 aliphatic heterocycles. The second kappa shape index (κ2) is 7.85. The normalized spacial score (nSPS) is 17.7. The summed E-state index contributed by atoms with van der Waals surface area (Å²) >= 11 is 1.46. The number of hydrogen-bond acceptors (Lipinski definition) is 8. The maximum atomic E-state index is 13.3. The number of nitrogens with two attached hydrogens (primary N) is 1. The Morgan fingerprint density at radius 3 is 2.76 bits per heavy atom. The van der Waals surface area contributed by atoms with Gasteiger partial charge in [0.2, 0.25) is 9.84 Å². The van der Waals surface area contributed by atoms with E-state index in [1.807, 2.05) is 13.8 Å². The van der Waals surface area contributed by atoms with Gasteiger partial charge < -0.3 is 20.4 Å². The Balaban J connectivity index is 1.94. The van der Waals surface area contributed by atoms with Gasteiger partial charge in [0.1, 0.15) is 21.7 Å². The van der Waals surface area contributed by atoms with Crippen LogP contribution in [0.4, 0.5) is 11.6 Å². The lowest BCUT2D eigenvalue weighted by molar-refractivity contribution is 0.0530. The third kappa shape index (κ3) is 3.67. The molecular weight excluding hydrogens is 410 g/mol. The highest BCUT2D eigenvalue weighted by atomic mass is 32.2. The lowest BCUT2D eigenvalue weighted by atomic mass is 10.3. The molecule has 1 aliphatic rings. The number of hydrogen-bond donors (Lipinski definition) is 2. The maximum absolute atomic E-state index is 13.3. The molecule has 8 nitrogen and oxygen atoms in total. The molecule has 1 saturated heterocycles. The zero-order valence-corrected chi connectivity index (χ0v) is 17.9. The van der Waals surface area contributed by atoms with Crippen LogP contribution in [0.2, 0.25) is 0 Å². The van der Waals surface area contributed by atoms with Crippen molar-refractivity contribution in [2.24, 2.45) is 0 Å². The van der Waals surface area contributed by atoms with Gasteiger partial charge in [-0.15, -0.1) is 0 Å². The number of fused-ring (bicyclic) bond motifs is 1. The minimum Gasteiger partial charge on any atom is -0.384 e. The molecule has 1 atom stereocenters. The first kappa shape index (κ1) is 20.0. The van der Waals surface area contributed by atoms with Gasteiger partial charge in [-0.1, -0.05) is 36.9 Å². The van der Waals surface area contributed by atoms with Crippen molar-refractivity contribution in [3.63, 3.8) is 0 Å². The predicted molar refractivity (Wildman–Crippen MR) is 114 cm³/mol. The molecule has 0 spiro atoms. The number of morpholine rings is 1. The summed E-state index contributed by atoms with van der Waals surface area (Å²) in [5, 5.41) is 0.526. The van der Waals surface area contributed by atoms with Crippen LogP contribution in [0.1, 0.15) is 13.8 Å². The molecule has 29 heavy (non-hydrogen) atoms. The van der Waals surface area contributed by atoms with Crippen LogP contribution in [0.25, 0.3) is 11.0 Å². The number of aromatic amines is 1. The number of thioether (sulfide) groups is 1. The van der Waals surface area contributed by atoms with Crippen molar-refractivity contribution in [3.05, 3.63) is 30.3 Å². The van der Waals surface area contributed by atoms with E-state index in [0.717, 1.165) is 5.75 Å². The van der Waals surface area contributed by atoms with Crippen molar-refractivity contribution in [2.45, 2.75) is 34.9 Å². The first-order valence-electron chi connectivity index (χ1n) is 9.40. The Bertz CT molecular complexity index is 1130. The first-order valence-corrected chi connectivity index (χ1v) is 11.9. The fourth-order valence-corrected chi connectivity index (χ4v) is 5.51. The van der Waals surface area contributed by atoms with Crippen LogP contribution in [0.3, 0.4) is 0 Å². The van der Waals surface area contributed by atoms with Gasteiger partial charge in [0.15, 0.2) is 11.0 Å². The van der Waals surface area contributed by atoms with E-state index < -0.39 is 9.84 Å². The number of ether oxygens (including phenoxy) is 1.